The molecule has 0 amide bonds. The molecule has 0 fully saturated rings. The number of nitrogens with zero attached hydrogens (tertiary/aromatic N) is 5. The third kappa shape index (κ3) is 4.35. The van der Waals surface area contributed by atoms with Crippen LogP contribution in [-0.2, 0) is 10.0 Å². The van der Waals surface area contributed by atoms with Crippen molar-refractivity contribution in [2.45, 2.75) is 25.2 Å². The fraction of sp³-hybridized carbons (Fsp3) is 0.240. The van der Waals surface area contributed by atoms with Crippen LogP contribution in [0.2, 0.25) is 0 Å². The minimum absolute atomic E-state index is 0.148. The Hall–Kier alpha value is -4.36. The highest BCUT2D eigenvalue weighted by Crippen LogP contribution is 2.38. The first-order valence-corrected chi connectivity index (χ1v) is 13.1. The monoisotopic (exact) mass is 538 g/mol. The number of aliphatic hydroxyl groups is 1. The summed E-state index contributed by atoms with van der Waals surface area (Å²) in [5.74, 6) is 1.81. The Morgan fingerprint density at radius 2 is 1.76 bits per heavy atom. The Kier molecular flexibility index (Phi) is 6.55. The molecule has 198 valence electrons. The van der Waals surface area contributed by atoms with Gasteiger partial charge in [0.25, 0.3) is 0 Å². The zero-order valence-electron chi connectivity index (χ0n) is 21.1. The van der Waals surface area contributed by atoms with Crippen LogP contribution < -0.4 is 14.2 Å². The molecule has 2 unspecified atom stereocenters. The number of hydrogen-bond donors (Lipinski definition) is 2. The average molecular weight is 539 g/mol. The predicted molar refractivity (Wildman–Crippen MR) is 139 cm³/mol. The van der Waals surface area contributed by atoms with Gasteiger partial charge < -0.3 is 23.4 Å². The van der Waals surface area contributed by atoms with E-state index in [1.54, 1.807) is 60.0 Å². The maximum atomic E-state index is 13.5. The molecule has 2 atom stereocenters. The van der Waals surface area contributed by atoms with Crippen molar-refractivity contribution in [3.8, 4) is 28.8 Å². The summed E-state index contributed by atoms with van der Waals surface area (Å²) in [6.07, 6.45) is 1.85. The van der Waals surface area contributed by atoms with Crippen molar-refractivity contribution in [3.63, 3.8) is 0 Å². The zero-order valence-corrected chi connectivity index (χ0v) is 21.9. The van der Waals surface area contributed by atoms with E-state index in [4.69, 9.17) is 13.9 Å². The molecule has 0 radical (unpaired) electrons. The molecule has 0 bridgehead atoms. The number of para-hydroxylation sites is 1. The fourth-order valence-corrected chi connectivity index (χ4v) is 5.17. The zero-order chi connectivity index (χ0) is 27.0. The number of benzene rings is 1. The Balaban J connectivity index is 1.59. The molecule has 0 aliphatic heterocycles. The average Bonchev–Trinajstić information content (AvgIpc) is 3.65. The molecular formula is C25H26N6O6S. The summed E-state index contributed by atoms with van der Waals surface area (Å²) in [5.41, 5.74) is 1.19. The first kappa shape index (κ1) is 25.3. The number of furan rings is 1. The van der Waals surface area contributed by atoms with E-state index >= 15 is 0 Å². The van der Waals surface area contributed by atoms with E-state index in [-0.39, 0.29) is 17.5 Å². The van der Waals surface area contributed by atoms with Crippen LogP contribution >= 0.6 is 0 Å². The van der Waals surface area contributed by atoms with Crippen molar-refractivity contribution in [3.05, 3.63) is 72.5 Å². The van der Waals surface area contributed by atoms with Crippen LogP contribution in [-0.4, -0.2) is 57.1 Å². The predicted octanol–water partition coefficient (Wildman–Crippen LogP) is 3.36. The third-order valence-electron chi connectivity index (χ3n) is 6.17. The van der Waals surface area contributed by atoms with E-state index in [9.17, 15) is 13.5 Å². The van der Waals surface area contributed by atoms with Crippen molar-refractivity contribution in [2.24, 2.45) is 0 Å². The second-order valence-electron chi connectivity index (χ2n) is 8.52. The lowest BCUT2D eigenvalue weighted by atomic mass is 10.2. The Bertz CT molecular complexity index is 1680. The summed E-state index contributed by atoms with van der Waals surface area (Å²) in [6, 6.07) is 13.9. The van der Waals surface area contributed by atoms with Crippen LogP contribution in [0.1, 0.15) is 24.5 Å². The van der Waals surface area contributed by atoms with Crippen molar-refractivity contribution < 1.29 is 27.4 Å². The summed E-state index contributed by atoms with van der Waals surface area (Å²) in [6.45, 7) is 3.17. The van der Waals surface area contributed by atoms with Crippen molar-refractivity contribution >= 4 is 21.5 Å². The van der Waals surface area contributed by atoms with E-state index in [1.807, 2.05) is 6.07 Å². The molecule has 4 aromatic heterocycles. The summed E-state index contributed by atoms with van der Waals surface area (Å²) in [5, 5.41) is 18.1. The van der Waals surface area contributed by atoms with Crippen LogP contribution in [0.15, 0.2) is 65.5 Å². The number of fused-ring (bicyclic) bond motifs is 1. The summed E-state index contributed by atoms with van der Waals surface area (Å²) < 4.78 is 49.6. The van der Waals surface area contributed by atoms with Gasteiger partial charge in [-0.2, -0.15) is 0 Å². The van der Waals surface area contributed by atoms with Gasteiger partial charge in [0, 0.05) is 6.20 Å². The summed E-state index contributed by atoms with van der Waals surface area (Å²) in [4.78, 5) is 4.24. The molecule has 13 heteroatoms. The highest BCUT2D eigenvalue weighted by molar-refractivity contribution is 7.93. The van der Waals surface area contributed by atoms with E-state index in [2.05, 4.69) is 19.9 Å². The normalized spacial score (nSPS) is 13.4. The number of imidazole rings is 1. The van der Waals surface area contributed by atoms with Crippen molar-refractivity contribution in [2.75, 3.05) is 18.9 Å². The number of aliphatic hydroxyl groups excluding tert-OH is 1. The minimum Gasteiger partial charge on any atom is -0.494 e. The molecule has 4 heterocycles. The lowest BCUT2D eigenvalue weighted by molar-refractivity contribution is 0.173. The van der Waals surface area contributed by atoms with Gasteiger partial charge in [-0.05, 0) is 50.2 Å². The summed E-state index contributed by atoms with van der Waals surface area (Å²) in [7, 11) is -1.26. The number of anilines is 1. The van der Waals surface area contributed by atoms with E-state index in [1.165, 1.54) is 32.0 Å². The number of hydrogen-bond acceptors (Lipinski definition) is 9. The molecule has 0 aliphatic carbocycles. The largest absolute Gasteiger partial charge is 0.494 e. The van der Waals surface area contributed by atoms with Gasteiger partial charge in [0.1, 0.15) is 34.3 Å². The van der Waals surface area contributed by atoms with Gasteiger partial charge in [-0.15, -0.1) is 10.2 Å². The van der Waals surface area contributed by atoms with Gasteiger partial charge >= 0.3 is 0 Å². The van der Waals surface area contributed by atoms with Crippen molar-refractivity contribution in [1.29, 1.82) is 0 Å². The maximum Gasteiger partial charge on any atom is 0.243 e. The molecule has 0 aliphatic rings. The molecule has 5 rings (SSSR count). The molecule has 12 nitrogen and oxygen atoms in total. The number of aromatic nitrogens is 5. The third-order valence-corrected chi connectivity index (χ3v) is 7.87. The van der Waals surface area contributed by atoms with Gasteiger partial charge in [0.2, 0.25) is 21.8 Å². The van der Waals surface area contributed by atoms with Gasteiger partial charge in [-0.3, -0.25) is 9.29 Å². The molecule has 1 aromatic carbocycles. The highest BCUT2D eigenvalue weighted by atomic mass is 32.2. The van der Waals surface area contributed by atoms with Crippen LogP contribution in [0.4, 0.5) is 5.95 Å². The van der Waals surface area contributed by atoms with Gasteiger partial charge in [0.05, 0.1) is 31.8 Å². The number of pyridine rings is 1. The Morgan fingerprint density at radius 3 is 2.42 bits per heavy atom. The maximum absolute atomic E-state index is 13.5. The number of aryl methyl sites for hydroxylation is 1. The van der Waals surface area contributed by atoms with E-state index < -0.39 is 21.4 Å². The number of rotatable bonds is 9. The lowest BCUT2D eigenvalue weighted by Crippen LogP contribution is -2.32. The smallest absolute Gasteiger partial charge is 0.243 e. The fourth-order valence-electron chi connectivity index (χ4n) is 4.13. The van der Waals surface area contributed by atoms with Crippen molar-refractivity contribution in [1.82, 2.24) is 24.1 Å². The highest BCUT2D eigenvalue weighted by Gasteiger charge is 2.34. The topological polar surface area (TPSA) is 146 Å². The number of sulfonamides is 1. The van der Waals surface area contributed by atoms with Crippen LogP contribution in [0.5, 0.6) is 11.5 Å². The first-order chi connectivity index (χ1) is 18.2. The van der Waals surface area contributed by atoms with Crippen LogP contribution in [0.3, 0.4) is 0 Å². The van der Waals surface area contributed by atoms with E-state index in [0.29, 0.717) is 34.2 Å². The molecule has 0 spiro atoms. The first-order valence-electron chi connectivity index (χ1n) is 11.6. The van der Waals surface area contributed by atoms with Crippen LogP contribution in [0.25, 0.3) is 22.8 Å². The molecule has 5 aromatic rings. The number of ether oxygens (including phenoxy) is 2. The standard InChI is InChI=1S/C25H26N6O6S/c1-15-11-12-20(37-15)24-27-28-25(31(24)22-18(35-3)9-7-10-19(22)36-4)29-38(33,34)16(2)23(32)21-17-8-5-6-13-30(17)14-26-21/h5-14,16,23,32H,1-4H3,(H,28,29). The van der Waals surface area contributed by atoms with Gasteiger partial charge in [0.15, 0.2) is 5.76 Å². The Labute approximate surface area is 218 Å². The minimum atomic E-state index is -4.23. The SMILES string of the molecule is COc1cccc(OC)c1-n1c(NS(=O)(=O)C(C)C(O)c2ncn3ccccc23)nnc1-c1ccc(C)o1. The van der Waals surface area contributed by atoms with Crippen LogP contribution in [0, 0.1) is 6.92 Å². The molecular weight excluding hydrogens is 512 g/mol. The Morgan fingerprint density at radius 1 is 1.03 bits per heavy atom. The second-order valence-corrected chi connectivity index (χ2v) is 10.6. The number of methoxy groups -OCH3 is 2. The molecule has 38 heavy (non-hydrogen) atoms. The van der Waals surface area contributed by atoms with Gasteiger partial charge in [-0.25, -0.2) is 13.4 Å². The molecule has 0 saturated heterocycles. The molecule has 0 saturated carbocycles. The second kappa shape index (κ2) is 9.84. The quantitative estimate of drug-likeness (QED) is 0.288. The molecule has 2 N–H and O–H groups in total. The number of nitrogens with one attached hydrogen (secondary N) is 1. The summed E-state index contributed by atoms with van der Waals surface area (Å²) >= 11 is 0. The lowest BCUT2D eigenvalue weighted by Gasteiger charge is -2.20. The van der Waals surface area contributed by atoms with Gasteiger partial charge in [-0.1, -0.05) is 12.1 Å². The van der Waals surface area contributed by atoms with E-state index in [0.717, 1.165) is 0 Å².